The van der Waals surface area contributed by atoms with Gasteiger partial charge in [0.15, 0.2) is 5.82 Å². The molecule has 2 heterocycles. The van der Waals surface area contributed by atoms with Crippen LogP contribution in [0.2, 0.25) is 0 Å². The number of anilines is 1. The molecule has 39 heavy (non-hydrogen) atoms. The molecule has 1 saturated heterocycles. The average Bonchev–Trinajstić information content (AvgIpc) is 3.25. The minimum atomic E-state index is -0.233. The van der Waals surface area contributed by atoms with Crippen molar-refractivity contribution in [3.63, 3.8) is 0 Å². The Labute approximate surface area is 229 Å². The number of carbonyl (C=O) groups is 2. The van der Waals surface area contributed by atoms with Gasteiger partial charge < -0.3 is 28.9 Å². The first-order valence-electron chi connectivity index (χ1n) is 13.0. The summed E-state index contributed by atoms with van der Waals surface area (Å²) in [5.41, 5.74) is 2.21. The van der Waals surface area contributed by atoms with Crippen molar-refractivity contribution in [3.05, 3.63) is 66.2 Å². The largest absolute Gasteiger partial charge is 0.497 e. The van der Waals surface area contributed by atoms with Gasteiger partial charge in [-0.25, -0.2) is 0 Å². The van der Waals surface area contributed by atoms with Crippen molar-refractivity contribution in [2.45, 2.75) is 6.42 Å². The van der Waals surface area contributed by atoms with Crippen LogP contribution < -0.4 is 14.4 Å². The number of amides is 2. The molecule has 10 heteroatoms. The predicted molar refractivity (Wildman–Crippen MR) is 148 cm³/mol. The second-order valence-electron chi connectivity index (χ2n) is 9.18. The molecular weight excluding hydrogens is 498 g/mol. The number of aromatic nitrogens is 2. The van der Waals surface area contributed by atoms with E-state index in [0.29, 0.717) is 44.1 Å². The summed E-state index contributed by atoms with van der Waals surface area (Å²) in [7, 11) is 4.77. The van der Waals surface area contributed by atoms with Crippen molar-refractivity contribution in [2.24, 2.45) is 0 Å². The number of nitrogens with zero attached hydrogens (tertiary/aromatic N) is 5. The highest BCUT2D eigenvalue weighted by Crippen LogP contribution is 2.22. The number of hydrogen-bond donors (Lipinski definition) is 0. The second kappa shape index (κ2) is 13.6. The molecule has 0 spiro atoms. The molecule has 1 aliphatic rings. The normalized spacial score (nSPS) is 13.5. The molecule has 2 aromatic carbocycles. The highest BCUT2D eigenvalue weighted by atomic mass is 16.5. The van der Waals surface area contributed by atoms with Gasteiger partial charge in [-0.15, -0.1) is 10.2 Å². The van der Waals surface area contributed by atoms with Crippen molar-refractivity contribution in [1.82, 2.24) is 20.0 Å². The van der Waals surface area contributed by atoms with E-state index in [1.165, 1.54) is 4.90 Å². The van der Waals surface area contributed by atoms with Gasteiger partial charge in [0.05, 0.1) is 26.5 Å². The van der Waals surface area contributed by atoms with Crippen LogP contribution in [-0.4, -0.2) is 99.0 Å². The fourth-order valence-corrected chi connectivity index (χ4v) is 4.46. The lowest BCUT2D eigenvalue weighted by atomic mass is 10.1. The van der Waals surface area contributed by atoms with Crippen molar-refractivity contribution in [1.29, 1.82) is 0 Å². The van der Waals surface area contributed by atoms with Gasteiger partial charge >= 0.3 is 0 Å². The third kappa shape index (κ3) is 7.23. The molecule has 1 fully saturated rings. The van der Waals surface area contributed by atoms with Crippen LogP contribution in [0.3, 0.4) is 0 Å². The highest BCUT2D eigenvalue weighted by molar-refractivity contribution is 5.96. The van der Waals surface area contributed by atoms with Crippen LogP contribution >= 0.6 is 0 Å². The third-order valence-corrected chi connectivity index (χ3v) is 6.70. The van der Waals surface area contributed by atoms with E-state index in [9.17, 15) is 9.59 Å². The Balaban J connectivity index is 1.37. The molecule has 0 atom stereocenters. The van der Waals surface area contributed by atoms with E-state index >= 15 is 0 Å². The van der Waals surface area contributed by atoms with Gasteiger partial charge in [-0.05, 0) is 61.0 Å². The van der Waals surface area contributed by atoms with Gasteiger partial charge in [0, 0.05) is 51.0 Å². The molecule has 1 aromatic heterocycles. The van der Waals surface area contributed by atoms with Crippen LogP contribution in [0.4, 0.5) is 5.82 Å². The third-order valence-electron chi connectivity index (χ3n) is 6.70. The smallest absolute Gasteiger partial charge is 0.254 e. The van der Waals surface area contributed by atoms with E-state index in [0.717, 1.165) is 35.8 Å². The predicted octanol–water partition coefficient (Wildman–Crippen LogP) is 2.99. The minimum Gasteiger partial charge on any atom is -0.497 e. The summed E-state index contributed by atoms with van der Waals surface area (Å²) in [5, 5.41) is 8.86. The molecule has 0 radical (unpaired) electrons. The van der Waals surface area contributed by atoms with Gasteiger partial charge in [-0.2, -0.15) is 0 Å². The number of benzene rings is 2. The van der Waals surface area contributed by atoms with E-state index in [1.807, 2.05) is 41.3 Å². The molecule has 206 valence electrons. The molecule has 2 amide bonds. The zero-order chi connectivity index (χ0) is 27.6. The quantitative estimate of drug-likeness (QED) is 0.393. The summed E-state index contributed by atoms with van der Waals surface area (Å²) >= 11 is 0. The maximum atomic E-state index is 13.3. The molecule has 3 aromatic rings. The zero-order valence-electron chi connectivity index (χ0n) is 22.7. The Kier molecular flexibility index (Phi) is 9.69. The lowest BCUT2D eigenvalue weighted by molar-refractivity contribution is -0.131. The first kappa shape index (κ1) is 27.8. The molecular formula is C29H35N5O5. The molecule has 0 N–H and O–H groups in total. The van der Waals surface area contributed by atoms with E-state index in [2.05, 4.69) is 15.1 Å². The summed E-state index contributed by atoms with van der Waals surface area (Å²) in [4.78, 5) is 32.0. The summed E-state index contributed by atoms with van der Waals surface area (Å²) < 4.78 is 15.7. The molecule has 0 saturated carbocycles. The summed E-state index contributed by atoms with van der Waals surface area (Å²) in [5.74, 6) is 1.83. The summed E-state index contributed by atoms with van der Waals surface area (Å²) in [6.07, 6.45) is 0.787. The van der Waals surface area contributed by atoms with Crippen molar-refractivity contribution in [3.8, 4) is 22.8 Å². The van der Waals surface area contributed by atoms with Gasteiger partial charge in [-0.3, -0.25) is 9.59 Å². The Morgan fingerprint density at radius 3 is 2.36 bits per heavy atom. The Hall–Kier alpha value is -4.18. The second-order valence-corrected chi connectivity index (χ2v) is 9.18. The van der Waals surface area contributed by atoms with E-state index in [-0.39, 0.29) is 18.4 Å². The number of hydrogen-bond acceptors (Lipinski definition) is 8. The van der Waals surface area contributed by atoms with Crippen LogP contribution in [0, 0.1) is 0 Å². The van der Waals surface area contributed by atoms with Crippen LogP contribution in [0.15, 0.2) is 60.7 Å². The first-order chi connectivity index (χ1) is 19.0. The molecule has 0 aliphatic carbocycles. The molecule has 10 nitrogen and oxygen atoms in total. The molecule has 1 aliphatic heterocycles. The van der Waals surface area contributed by atoms with Crippen LogP contribution in [0.5, 0.6) is 11.5 Å². The van der Waals surface area contributed by atoms with Gasteiger partial charge in [0.2, 0.25) is 5.91 Å². The lowest BCUT2D eigenvalue weighted by Gasteiger charge is -2.27. The summed E-state index contributed by atoms with van der Waals surface area (Å²) in [6, 6.07) is 18.5. The highest BCUT2D eigenvalue weighted by Gasteiger charge is 2.25. The number of carbonyl (C=O) groups excluding carboxylic acids is 2. The molecule has 0 bridgehead atoms. The zero-order valence-corrected chi connectivity index (χ0v) is 22.7. The van der Waals surface area contributed by atoms with E-state index in [4.69, 9.17) is 14.2 Å². The Bertz CT molecular complexity index is 1240. The monoisotopic (exact) mass is 533 g/mol. The Morgan fingerprint density at radius 1 is 0.872 bits per heavy atom. The van der Waals surface area contributed by atoms with Crippen molar-refractivity contribution in [2.75, 3.05) is 72.1 Å². The fraction of sp³-hybridized carbons (Fsp3) is 0.379. The average molecular weight is 534 g/mol. The van der Waals surface area contributed by atoms with Crippen molar-refractivity contribution < 1.29 is 23.8 Å². The van der Waals surface area contributed by atoms with Crippen LogP contribution in [0.1, 0.15) is 16.8 Å². The lowest BCUT2D eigenvalue weighted by Crippen LogP contribution is -2.45. The Morgan fingerprint density at radius 2 is 1.67 bits per heavy atom. The van der Waals surface area contributed by atoms with Gasteiger partial charge in [0.1, 0.15) is 18.0 Å². The van der Waals surface area contributed by atoms with Gasteiger partial charge in [0.25, 0.3) is 5.91 Å². The standard InChI is InChI=1S/C29H35N5O5/c1-37-19-18-34(29(36)23-6-4-7-25(20-23)39-3)21-28(35)33-15-5-14-32(16-17-33)27-13-12-26(30-31-27)22-8-10-24(38-2)11-9-22/h4,6-13,20H,5,14-19,21H2,1-3H3. The fourth-order valence-electron chi connectivity index (χ4n) is 4.46. The summed E-state index contributed by atoms with van der Waals surface area (Å²) in [6.45, 7) is 3.16. The number of ether oxygens (including phenoxy) is 3. The van der Waals surface area contributed by atoms with Gasteiger partial charge in [-0.1, -0.05) is 6.07 Å². The molecule has 0 unspecified atom stereocenters. The van der Waals surface area contributed by atoms with Crippen molar-refractivity contribution >= 4 is 17.6 Å². The van der Waals surface area contributed by atoms with E-state index in [1.54, 1.807) is 45.6 Å². The molecule has 4 rings (SSSR count). The minimum absolute atomic E-state index is 0.0181. The topological polar surface area (TPSA) is 97.3 Å². The first-order valence-corrected chi connectivity index (χ1v) is 13.0. The number of rotatable bonds is 10. The maximum Gasteiger partial charge on any atom is 0.254 e. The maximum absolute atomic E-state index is 13.3. The van der Waals surface area contributed by atoms with Crippen LogP contribution in [-0.2, 0) is 9.53 Å². The van der Waals surface area contributed by atoms with E-state index < -0.39 is 0 Å². The SMILES string of the molecule is COCCN(CC(=O)N1CCCN(c2ccc(-c3ccc(OC)cc3)nn2)CC1)C(=O)c1cccc(OC)c1. The van der Waals surface area contributed by atoms with Crippen LogP contribution in [0.25, 0.3) is 11.3 Å². The number of methoxy groups -OCH3 is 3.